The normalized spacial score (nSPS) is 22.3. The van der Waals surface area contributed by atoms with E-state index in [-0.39, 0.29) is 12.8 Å². The van der Waals surface area contributed by atoms with Crippen molar-refractivity contribution in [2.45, 2.75) is 19.0 Å². The van der Waals surface area contributed by atoms with E-state index >= 15 is 0 Å². The zero-order chi connectivity index (χ0) is 9.62. The fourth-order valence-corrected chi connectivity index (χ4v) is 2.16. The van der Waals surface area contributed by atoms with Crippen molar-refractivity contribution in [2.24, 2.45) is 5.41 Å². The van der Waals surface area contributed by atoms with Crippen LogP contribution in [0.4, 0.5) is 13.2 Å². The largest absolute Gasteiger partial charge is 0.395 e. The summed E-state index contributed by atoms with van der Waals surface area (Å²) in [7, 11) is -4.52. The molecule has 1 rings (SSSR count). The molecule has 0 aromatic carbocycles. The van der Waals surface area contributed by atoms with Crippen molar-refractivity contribution in [3.63, 3.8) is 0 Å². The van der Waals surface area contributed by atoms with Crippen LogP contribution in [0.25, 0.3) is 0 Å². The van der Waals surface area contributed by atoms with Crippen molar-refractivity contribution in [3.05, 3.63) is 0 Å². The Morgan fingerprint density at radius 2 is 1.75 bits per heavy atom. The molecule has 1 aliphatic rings. The smallest absolute Gasteiger partial charge is 0.286 e. The highest BCUT2D eigenvalue weighted by molar-refractivity contribution is 7.85. The summed E-state index contributed by atoms with van der Waals surface area (Å²) in [4.78, 5) is 0. The lowest BCUT2D eigenvalue weighted by Gasteiger charge is -2.16. The molecule has 0 spiro atoms. The standard InChI is InChI=1S/C5H7F3O3S/c6-5(7,8)4(1-2-4)3-12(9,10)11/h1-3H2,(H,9,10,11). The first-order valence-corrected chi connectivity index (χ1v) is 4.79. The van der Waals surface area contributed by atoms with Gasteiger partial charge in [0.2, 0.25) is 0 Å². The molecular weight excluding hydrogens is 197 g/mol. The molecule has 0 bridgehead atoms. The molecule has 1 saturated carbocycles. The van der Waals surface area contributed by atoms with Crippen LogP contribution in [0, 0.1) is 5.41 Å². The van der Waals surface area contributed by atoms with Gasteiger partial charge in [0.15, 0.2) is 0 Å². The molecule has 1 N–H and O–H groups in total. The number of halogens is 3. The molecule has 1 fully saturated rings. The van der Waals surface area contributed by atoms with Gasteiger partial charge >= 0.3 is 6.18 Å². The molecule has 0 aliphatic heterocycles. The van der Waals surface area contributed by atoms with Gasteiger partial charge in [0.25, 0.3) is 10.1 Å². The van der Waals surface area contributed by atoms with Crippen LogP contribution in [-0.4, -0.2) is 24.9 Å². The van der Waals surface area contributed by atoms with Gasteiger partial charge in [-0.2, -0.15) is 21.6 Å². The third-order valence-electron chi connectivity index (χ3n) is 1.91. The Morgan fingerprint density at radius 3 is 1.83 bits per heavy atom. The molecule has 0 atom stereocenters. The molecular formula is C5H7F3O3S. The van der Waals surface area contributed by atoms with Gasteiger partial charge in [-0.25, -0.2) is 0 Å². The summed E-state index contributed by atoms with van der Waals surface area (Å²) in [6.07, 6.45) is -4.95. The topological polar surface area (TPSA) is 54.4 Å². The van der Waals surface area contributed by atoms with Gasteiger partial charge < -0.3 is 0 Å². The van der Waals surface area contributed by atoms with Crippen molar-refractivity contribution in [1.29, 1.82) is 0 Å². The van der Waals surface area contributed by atoms with Crippen molar-refractivity contribution < 1.29 is 26.1 Å². The predicted molar refractivity (Wildman–Crippen MR) is 34.1 cm³/mol. The lowest BCUT2D eigenvalue weighted by atomic mass is 10.1. The Morgan fingerprint density at radius 1 is 1.33 bits per heavy atom. The number of rotatable bonds is 2. The average Bonchev–Trinajstić information content (AvgIpc) is 2.39. The first-order valence-electron chi connectivity index (χ1n) is 3.18. The van der Waals surface area contributed by atoms with Crippen LogP contribution in [0.2, 0.25) is 0 Å². The van der Waals surface area contributed by atoms with E-state index in [9.17, 15) is 21.6 Å². The van der Waals surface area contributed by atoms with Crippen molar-refractivity contribution in [1.82, 2.24) is 0 Å². The van der Waals surface area contributed by atoms with E-state index in [0.29, 0.717) is 0 Å². The van der Waals surface area contributed by atoms with Gasteiger partial charge in [0, 0.05) is 0 Å². The van der Waals surface area contributed by atoms with E-state index in [0.717, 1.165) is 0 Å². The summed E-state index contributed by atoms with van der Waals surface area (Å²) >= 11 is 0. The zero-order valence-electron chi connectivity index (χ0n) is 5.93. The maximum absolute atomic E-state index is 12.1. The summed E-state index contributed by atoms with van der Waals surface area (Å²) in [5.41, 5.74) is -2.17. The lowest BCUT2D eigenvalue weighted by molar-refractivity contribution is -0.180. The maximum atomic E-state index is 12.1. The van der Waals surface area contributed by atoms with Crippen molar-refractivity contribution in [2.75, 3.05) is 5.75 Å². The highest BCUT2D eigenvalue weighted by Gasteiger charge is 2.64. The molecule has 3 nitrogen and oxygen atoms in total. The summed E-state index contributed by atoms with van der Waals surface area (Å²) in [5, 5.41) is 0. The number of hydrogen-bond donors (Lipinski definition) is 1. The minimum absolute atomic E-state index is 0.212. The summed E-state index contributed by atoms with van der Waals surface area (Å²) in [6.45, 7) is 0. The van der Waals surface area contributed by atoms with E-state index in [4.69, 9.17) is 4.55 Å². The number of alkyl halides is 3. The Hall–Kier alpha value is -0.300. The van der Waals surface area contributed by atoms with Gasteiger partial charge in [-0.3, -0.25) is 4.55 Å². The van der Waals surface area contributed by atoms with E-state index < -0.39 is 27.5 Å². The molecule has 0 aromatic rings. The van der Waals surface area contributed by atoms with E-state index in [1.165, 1.54) is 0 Å². The Balaban J connectivity index is 2.76. The van der Waals surface area contributed by atoms with Gasteiger partial charge in [0.1, 0.15) is 0 Å². The Bertz CT molecular complexity index is 275. The predicted octanol–water partition coefficient (Wildman–Crippen LogP) is 1.22. The van der Waals surface area contributed by atoms with Crippen LogP contribution >= 0.6 is 0 Å². The second-order valence-electron chi connectivity index (χ2n) is 3.00. The molecule has 72 valence electrons. The average molecular weight is 204 g/mol. The zero-order valence-corrected chi connectivity index (χ0v) is 6.74. The lowest BCUT2D eigenvalue weighted by Crippen LogP contribution is -2.31. The van der Waals surface area contributed by atoms with E-state index in [1.807, 2.05) is 0 Å². The van der Waals surface area contributed by atoms with Crippen LogP contribution in [0.1, 0.15) is 12.8 Å². The van der Waals surface area contributed by atoms with Crippen molar-refractivity contribution >= 4 is 10.1 Å². The minimum Gasteiger partial charge on any atom is -0.286 e. The maximum Gasteiger partial charge on any atom is 0.395 e. The summed E-state index contributed by atoms with van der Waals surface area (Å²) < 4.78 is 64.8. The van der Waals surface area contributed by atoms with Crippen LogP contribution in [0.5, 0.6) is 0 Å². The first-order chi connectivity index (χ1) is 5.16. The van der Waals surface area contributed by atoms with Crippen LogP contribution < -0.4 is 0 Å². The highest BCUT2D eigenvalue weighted by Crippen LogP contribution is 2.58. The van der Waals surface area contributed by atoms with E-state index in [1.54, 1.807) is 0 Å². The SMILES string of the molecule is O=S(=O)(O)CC1(C(F)(F)F)CC1. The third kappa shape index (κ3) is 1.89. The third-order valence-corrected chi connectivity index (χ3v) is 2.83. The molecule has 0 heterocycles. The molecule has 0 radical (unpaired) electrons. The van der Waals surface area contributed by atoms with Crippen molar-refractivity contribution in [3.8, 4) is 0 Å². The molecule has 7 heteroatoms. The fraction of sp³-hybridized carbons (Fsp3) is 1.00. The molecule has 0 unspecified atom stereocenters. The van der Waals surface area contributed by atoms with Crippen LogP contribution in [0.15, 0.2) is 0 Å². The minimum atomic E-state index is -4.53. The monoisotopic (exact) mass is 204 g/mol. The fourth-order valence-electron chi connectivity index (χ4n) is 1.01. The highest BCUT2D eigenvalue weighted by atomic mass is 32.2. The van der Waals surface area contributed by atoms with Crippen LogP contribution in [-0.2, 0) is 10.1 Å². The molecule has 0 aromatic heterocycles. The first kappa shape index (κ1) is 9.79. The number of hydrogen-bond acceptors (Lipinski definition) is 2. The van der Waals surface area contributed by atoms with Gasteiger partial charge in [0.05, 0.1) is 11.2 Å². The molecule has 1 aliphatic carbocycles. The quantitative estimate of drug-likeness (QED) is 0.688. The Labute approximate surface area is 67.3 Å². The molecule has 12 heavy (non-hydrogen) atoms. The Kier molecular flexibility index (Phi) is 1.92. The van der Waals surface area contributed by atoms with Crippen LogP contribution in [0.3, 0.4) is 0 Å². The second kappa shape index (κ2) is 2.35. The summed E-state index contributed by atoms with van der Waals surface area (Å²) in [5.74, 6) is -1.20. The second-order valence-corrected chi connectivity index (χ2v) is 4.46. The van der Waals surface area contributed by atoms with Gasteiger partial charge in [-0.1, -0.05) is 0 Å². The molecule has 0 saturated heterocycles. The van der Waals surface area contributed by atoms with Gasteiger partial charge in [-0.15, -0.1) is 0 Å². The van der Waals surface area contributed by atoms with Gasteiger partial charge in [-0.05, 0) is 12.8 Å². The van der Waals surface area contributed by atoms with E-state index in [2.05, 4.69) is 0 Å². The molecule has 0 amide bonds. The summed E-state index contributed by atoms with van der Waals surface area (Å²) in [6, 6.07) is 0.